The second-order valence-corrected chi connectivity index (χ2v) is 13.4. The number of ether oxygens (including phenoxy) is 2. The highest BCUT2D eigenvalue weighted by atomic mass is 31.2. The van der Waals surface area contributed by atoms with Crippen LogP contribution in [0.1, 0.15) is 162 Å². The monoisotopic (exact) mass is 682 g/mol. The van der Waals surface area contributed by atoms with E-state index < -0.39 is 32.5 Å². The molecule has 0 bridgehead atoms. The number of hydrogen-bond acceptors (Lipinski definition) is 6. The first-order chi connectivity index (χ1) is 22.8. The van der Waals surface area contributed by atoms with E-state index >= 15 is 0 Å². The zero-order valence-electron chi connectivity index (χ0n) is 29.7. The van der Waals surface area contributed by atoms with Gasteiger partial charge in [0.2, 0.25) is 0 Å². The van der Waals surface area contributed by atoms with Crippen molar-refractivity contribution in [2.24, 2.45) is 0 Å². The molecule has 0 aliphatic rings. The predicted molar refractivity (Wildman–Crippen MR) is 193 cm³/mol. The van der Waals surface area contributed by atoms with E-state index in [4.69, 9.17) is 19.3 Å². The molecule has 9 heteroatoms. The molecule has 0 aliphatic heterocycles. The molecule has 0 rings (SSSR count). The Bertz CT molecular complexity index is 905. The molecule has 272 valence electrons. The minimum Gasteiger partial charge on any atom is -0.462 e. The molecule has 0 heterocycles. The quantitative estimate of drug-likeness (QED) is 0.0304. The molecule has 1 atom stereocenters. The summed E-state index contributed by atoms with van der Waals surface area (Å²) in [6.45, 7) is 3.50. The maximum absolute atomic E-state index is 12.3. The van der Waals surface area contributed by atoms with Crippen molar-refractivity contribution in [3.8, 4) is 0 Å². The van der Waals surface area contributed by atoms with Crippen molar-refractivity contribution < 1.29 is 37.9 Å². The molecule has 0 aromatic carbocycles. The number of hydrogen-bond donors (Lipinski definition) is 2. The van der Waals surface area contributed by atoms with E-state index in [1.54, 1.807) is 0 Å². The normalized spacial score (nSPS) is 13.0. The zero-order chi connectivity index (χ0) is 34.7. The van der Waals surface area contributed by atoms with Crippen LogP contribution >= 0.6 is 7.82 Å². The first-order valence-electron chi connectivity index (χ1n) is 18.4. The Kier molecular flexibility index (Phi) is 32.5. The Labute approximate surface area is 286 Å². The average Bonchev–Trinajstić information content (AvgIpc) is 3.03. The van der Waals surface area contributed by atoms with Crippen LogP contribution in [-0.4, -0.2) is 41.0 Å². The lowest BCUT2D eigenvalue weighted by Crippen LogP contribution is -2.29. The maximum atomic E-state index is 12.3. The van der Waals surface area contributed by atoms with Crippen LogP contribution in [0.5, 0.6) is 0 Å². The first-order valence-corrected chi connectivity index (χ1v) is 20.0. The number of phosphoric ester groups is 1. The molecule has 0 aliphatic carbocycles. The largest absolute Gasteiger partial charge is 0.469 e. The van der Waals surface area contributed by atoms with Gasteiger partial charge in [0, 0.05) is 12.8 Å². The number of phosphoric acid groups is 1. The van der Waals surface area contributed by atoms with Crippen molar-refractivity contribution in [2.45, 2.75) is 168 Å². The topological polar surface area (TPSA) is 119 Å². The van der Waals surface area contributed by atoms with Gasteiger partial charge >= 0.3 is 19.8 Å². The summed E-state index contributed by atoms with van der Waals surface area (Å²) in [6, 6.07) is 0. The molecule has 0 fully saturated rings. The van der Waals surface area contributed by atoms with Crippen molar-refractivity contribution >= 4 is 19.8 Å². The fourth-order valence-corrected chi connectivity index (χ4v) is 5.28. The number of carbonyl (C=O) groups excluding carboxylic acids is 2. The summed E-state index contributed by atoms with van der Waals surface area (Å²) < 4.78 is 26.2. The van der Waals surface area contributed by atoms with Gasteiger partial charge in [-0.25, -0.2) is 4.57 Å². The number of carbonyl (C=O) groups is 2. The second-order valence-electron chi connectivity index (χ2n) is 12.2. The van der Waals surface area contributed by atoms with Gasteiger partial charge in [0.25, 0.3) is 0 Å². The summed E-state index contributed by atoms with van der Waals surface area (Å²) in [5.41, 5.74) is 0. The summed E-state index contributed by atoms with van der Waals surface area (Å²) >= 11 is 0. The molecule has 8 nitrogen and oxygen atoms in total. The van der Waals surface area contributed by atoms with Crippen LogP contribution in [0, 0.1) is 0 Å². The van der Waals surface area contributed by atoms with Gasteiger partial charge in [0.15, 0.2) is 6.10 Å². The number of unbranched alkanes of at least 4 members (excludes halogenated alkanes) is 15. The summed E-state index contributed by atoms with van der Waals surface area (Å²) in [6.07, 6.45) is 39.9. The minimum atomic E-state index is -4.77. The first kappa shape index (κ1) is 45.0. The van der Waals surface area contributed by atoms with Crippen molar-refractivity contribution in [2.75, 3.05) is 13.2 Å². The Morgan fingerprint density at radius 1 is 0.574 bits per heavy atom. The molecule has 2 N–H and O–H groups in total. The van der Waals surface area contributed by atoms with Gasteiger partial charge in [-0.2, -0.15) is 0 Å². The van der Waals surface area contributed by atoms with Gasteiger partial charge in [0.05, 0.1) is 6.61 Å². The van der Waals surface area contributed by atoms with E-state index in [0.29, 0.717) is 6.42 Å². The molecule has 0 aromatic heterocycles. The summed E-state index contributed by atoms with van der Waals surface area (Å²) in [7, 11) is -4.77. The van der Waals surface area contributed by atoms with Gasteiger partial charge in [-0.3, -0.25) is 14.1 Å². The van der Waals surface area contributed by atoms with Crippen LogP contribution in [0.3, 0.4) is 0 Å². The smallest absolute Gasteiger partial charge is 0.462 e. The highest BCUT2D eigenvalue weighted by Crippen LogP contribution is 2.35. The number of esters is 2. The predicted octanol–water partition coefficient (Wildman–Crippen LogP) is 10.8. The fraction of sp³-hybridized carbons (Fsp3) is 0.737. The highest BCUT2D eigenvalue weighted by Gasteiger charge is 2.22. The lowest BCUT2D eigenvalue weighted by molar-refractivity contribution is -0.161. The minimum absolute atomic E-state index is 0.0911. The van der Waals surface area contributed by atoms with Crippen molar-refractivity contribution in [1.29, 1.82) is 0 Å². The molecule has 47 heavy (non-hydrogen) atoms. The van der Waals surface area contributed by atoms with Crippen molar-refractivity contribution in [1.82, 2.24) is 0 Å². The Morgan fingerprint density at radius 3 is 1.49 bits per heavy atom. The van der Waals surface area contributed by atoms with E-state index in [1.165, 1.54) is 83.5 Å². The Hall–Kier alpha value is -1.99. The van der Waals surface area contributed by atoms with E-state index in [-0.39, 0.29) is 19.4 Å². The SMILES string of the molecule is CC/C=C\C/C=C\C/C=C\C/C=C\CCC(=O)OC(COC(=O)CCCCCCCCCCCCCCCCCC)COP(=O)(O)O. The standard InChI is InChI=1S/C38H67O8P/c1-3-5-7-9-11-13-15-17-18-19-21-22-24-26-28-30-32-37(39)44-34-36(35-45-47(41,42)43)46-38(40)33-31-29-27-25-23-20-16-14-12-10-8-6-4-2/h6,8,12,14,20,23,27,29,36H,3-5,7,9-11,13,15-19,21-22,24-26,28,30-35H2,1-2H3,(H2,41,42,43)/b8-6-,14-12-,23-20-,29-27-. The second kappa shape index (κ2) is 33.9. The maximum Gasteiger partial charge on any atom is 0.469 e. The summed E-state index contributed by atoms with van der Waals surface area (Å²) in [4.78, 5) is 42.6. The molecule has 0 saturated carbocycles. The third-order valence-electron chi connectivity index (χ3n) is 7.63. The molecule has 0 saturated heterocycles. The third-order valence-corrected chi connectivity index (χ3v) is 8.11. The highest BCUT2D eigenvalue weighted by molar-refractivity contribution is 7.46. The molecule has 1 unspecified atom stereocenters. The average molecular weight is 683 g/mol. The Morgan fingerprint density at radius 2 is 1.02 bits per heavy atom. The lowest BCUT2D eigenvalue weighted by Gasteiger charge is -2.18. The van der Waals surface area contributed by atoms with Gasteiger partial charge in [-0.05, 0) is 38.5 Å². The van der Waals surface area contributed by atoms with Crippen LogP contribution in [0.4, 0.5) is 0 Å². The van der Waals surface area contributed by atoms with Crippen LogP contribution in [-0.2, 0) is 28.2 Å². The third kappa shape index (κ3) is 36.7. The van der Waals surface area contributed by atoms with Crippen LogP contribution in [0.2, 0.25) is 0 Å². The molecular formula is C38H67O8P. The zero-order valence-corrected chi connectivity index (χ0v) is 30.6. The molecule has 0 aromatic rings. The van der Waals surface area contributed by atoms with E-state index in [2.05, 4.69) is 54.8 Å². The van der Waals surface area contributed by atoms with Crippen molar-refractivity contribution in [3.63, 3.8) is 0 Å². The molecule has 0 amide bonds. The lowest BCUT2D eigenvalue weighted by atomic mass is 10.0. The van der Waals surface area contributed by atoms with E-state index in [9.17, 15) is 14.2 Å². The fourth-order valence-electron chi connectivity index (χ4n) is 4.92. The van der Waals surface area contributed by atoms with Crippen LogP contribution < -0.4 is 0 Å². The Balaban J connectivity index is 4.04. The van der Waals surface area contributed by atoms with Crippen LogP contribution in [0.15, 0.2) is 48.6 Å². The van der Waals surface area contributed by atoms with Gasteiger partial charge in [-0.15, -0.1) is 0 Å². The number of rotatable bonds is 33. The number of allylic oxidation sites excluding steroid dienone is 8. The van der Waals surface area contributed by atoms with Crippen molar-refractivity contribution in [3.05, 3.63) is 48.6 Å². The van der Waals surface area contributed by atoms with Gasteiger partial charge in [-0.1, -0.05) is 159 Å². The summed E-state index contributed by atoms with van der Waals surface area (Å²) in [5, 5.41) is 0. The van der Waals surface area contributed by atoms with Gasteiger partial charge < -0.3 is 19.3 Å². The van der Waals surface area contributed by atoms with Crippen LogP contribution in [0.25, 0.3) is 0 Å². The molecule has 0 radical (unpaired) electrons. The van der Waals surface area contributed by atoms with E-state index in [0.717, 1.165) is 44.9 Å². The van der Waals surface area contributed by atoms with E-state index in [1.807, 2.05) is 12.2 Å². The summed E-state index contributed by atoms with van der Waals surface area (Å²) in [5.74, 6) is -0.979. The van der Waals surface area contributed by atoms with Gasteiger partial charge in [0.1, 0.15) is 6.61 Å². The molecular weight excluding hydrogens is 615 g/mol. The molecule has 0 spiro atoms.